The third kappa shape index (κ3) is 1.45. The first-order valence-corrected chi connectivity index (χ1v) is 4.79. The highest BCUT2D eigenvalue weighted by molar-refractivity contribution is 6.02. The fourth-order valence-corrected chi connectivity index (χ4v) is 1.90. The molecule has 1 aliphatic rings. The van der Waals surface area contributed by atoms with Gasteiger partial charge in [-0.05, 0) is 43.0 Å². The average molecular weight is 190 g/mol. The molecule has 0 heterocycles. The highest BCUT2D eigenvalue weighted by atomic mass is 16.5. The lowest BCUT2D eigenvalue weighted by atomic mass is 9.90. The molecule has 14 heavy (non-hydrogen) atoms. The Balaban J connectivity index is 2.46. The van der Waals surface area contributed by atoms with Crippen LogP contribution in [0.1, 0.15) is 24.0 Å². The van der Waals surface area contributed by atoms with Crippen molar-refractivity contribution in [2.75, 3.05) is 7.11 Å². The predicted octanol–water partition coefficient (Wildman–Crippen LogP) is 1.69. The third-order valence-corrected chi connectivity index (χ3v) is 2.64. The van der Waals surface area contributed by atoms with Crippen LogP contribution in [0.3, 0.4) is 0 Å². The van der Waals surface area contributed by atoms with Gasteiger partial charge >= 0.3 is 0 Å². The molecule has 74 valence electrons. The number of hydrazone groups is 1. The average Bonchev–Trinajstić information content (AvgIpc) is 2.27. The van der Waals surface area contributed by atoms with E-state index in [2.05, 4.69) is 11.2 Å². The summed E-state index contributed by atoms with van der Waals surface area (Å²) in [5.41, 5.74) is 3.48. The fraction of sp³-hybridized carbons (Fsp3) is 0.364. The van der Waals surface area contributed by atoms with Crippen molar-refractivity contribution in [2.24, 2.45) is 10.9 Å². The van der Waals surface area contributed by atoms with Crippen LogP contribution < -0.4 is 10.6 Å². The Hall–Kier alpha value is -1.51. The zero-order valence-corrected chi connectivity index (χ0v) is 8.29. The summed E-state index contributed by atoms with van der Waals surface area (Å²) in [4.78, 5) is 0. The van der Waals surface area contributed by atoms with Gasteiger partial charge in [-0.1, -0.05) is 0 Å². The van der Waals surface area contributed by atoms with E-state index in [-0.39, 0.29) is 0 Å². The van der Waals surface area contributed by atoms with E-state index in [1.807, 2.05) is 12.1 Å². The van der Waals surface area contributed by atoms with Crippen molar-refractivity contribution in [3.8, 4) is 5.75 Å². The number of fused-ring (bicyclic) bond motifs is 1. The molecule has 0 saturated carbocycles. The summed E-state index contributed by atoms with van der Waals surface area (Å²) in [6.45, 7) is 0. The van der Waals surface area contributed by atoms with E-state index in [1.54, 1.807) is 7.11 Å². The number of hydrogen-bond donors (Lipinski definition) is 1. The SMILES string of the molecule is COc1ccc2c(c1)CCC/C2=N/N. The summed E-state index contributed by atoms with van der Waals surface area (Å²) < 4.78 is 5.18. The molecule has 1 aromatic rings. The Kier molecular flexibility index (Phi) is 2.39. The lowest BCUT2D eigenvalue weighted by Crippen LogP contribution is -2.13. The predicted molar refractivity (Wildman–Crippen MR) is 56.7 cm³/mol. The monoisotopic (exact) mass is 190 g/mol. The van der Waals surface area contributed by atoms with Gasteiger partial charge in [0.15, 0.2) is 0 Å². The highest BCUT2D eigenvalue weighted by Crippen LogP contribution is 2.25. The van der Waals surface area contributed by atoms with Crippen LogP contribution in [0.5, 0.6) is 5.75 Å². The molecule has 1 aliphatic carbocycles. The maximum Gasteiger partial charge on any atom is 0.119 e. The van der Waals surface area contributed by atoms with Crippen molar-refractivity contribution in [1.82, 2.24) is 0 Å². The van der Waals surface area contributed by atoms with Crippen LogP contribution in [0, 0.1) is 0 Å². The second-order valence-corrected chi connectivity index (χ2v) is 3.45. The molecular weight excluding hydrogens is 176 g/mol. The van der Waals surface area contributed by atoms with E-state index < -0.39 is 0 Å². The zero-order valence-electron chi connectivity index (χ0n) is 8.29. The van der Waals surface area contributed by atoms with Gasteiger partial charge in [0.05, 0.1) is 12.8 Å². The van der Waals surface area contributed by atoms with Crippen LogP contribution in [0.15, 0.2) is 23.3 Å². The van der Waals surface area contributed by atoms with E-state index in [9.17, 15) is 0 Å². The maximum absolute atomic E-state index is 5.35. The fourth-order valence-electron chi connectivity index (χ4n) is 1.90. The van der Waals surface area contributed by atoms with Crippen LogP contribution in [-0.2, 0) is 6.42 Å². The molecule has 0 fully saturated rings. The van der Waals surface area contributed by atoms with Gasteiger partial charge in [0.25, 0.3) is 0 Å². The third-order valence-electron chi connectivity index (χ3n) is 2.64. The van der Waals surface area contributed by atoms with Gasteiger partial charge in [0.1, 0.15) is 5.75 Å². The molecule has 0 aromatic heterocycles. The molecule has 0 spiro atoms. The summed E-state index contributed by atoms with van der Waals surface area (Å²) >= 11 is 0. The molecule has 0 saturated heterocycles. The van der Waals surface area contributed by atoms with Crippen molar-refractivity contribution in [1.29, 1.82) is 0 Å². The van der Waals surface area contributed by atoms with E-state index >= 15 is 0 Å². The van der Waals surface area contributed by atoms with Gasteiger partial charge < -0.3 is 10.6 Å². The normalized spacial score (nSPS) is 17.9. The quantitative estimate of drug-likeness (QED) is 0.541. The van der Waals surface area contributed by atoms with Crippen molar-refractivity contribution in [3.63, 3.8) is 0 Å². The molecule has 1 aromatic carbocycles. The number of methoxy groups -OCH3 is 1. The molecule has 0 radical (unpaired) electrons. The van der Waals surface area contributed by atoms with Crippen LogP contribution in [0.4, 0.5) is 0 Å². The number of nitrogens with two attached hydrogens (primary N) is 1. The number of benzene rings is 1. The van der Waals surface area contributed by atoms with E-state index in [1.165, 1.54) is 11.1 Å². The van der Waals surface area contributed by atoms with Crippen molar-refractivity contribution in [3.05, 3.63) is 29.3 Å². The van der Waals surface area contributed by atoms with E-state index in [4.69, 9.17) is 10.6 Å². The minimum Gasteiger partial charge on any atom is -0.497 e. The van der Waals surface area contributed by atoms with Gasteiger partial charge in [0, 0.05) is 5.56 Å². The first-order valence-electron chi connectivity index (χ1n) is 4.79. The van der Waals surface area contributed by atoms with Gasteiger partial charge in [0.2, 0.25) is 0 Å². The van der Waals surface area contributed by atoms with Crippen LogP contribution in [-0.4, -0.2) is 12.8 Å². The van der Waals surface area contributed by atoms with E-state index in [0.29, 0.717) is 0 Å². The van der Waals surface area contributed by atoms with Gasteiger partial charge in [-0.15, -0.1) is 0 Å². The Morgan fingerprint density at radius 2 is 2.21 bits per heavy atom. The standard InChI is InChI=1S/C11H14N2O/c1-14-9-5-6-10-8(7-9)3-2-4-11(10)13-12/h5-7H,2-4,12H2,1H3/b13-11-. The maximum atomic E-state index is 5.35. The zero-order chi connectivity index (χ0) is 9.97. The van der Waals surface area contributed by atoms with Gasteiger partial charge in [-0.25, -0.2) is 0 Å². The number of hydrogen-bond acceptors (Lipinski definition) is 3. The van der Waals surface area contributed by atoms with Crippen LogP contribution >= 0.6 is 0 Å². The number of aryl methyl sites for hydroxylation is 1. The number of rotatable bonds is 1. The lowest BCUT2D eigenvalue weighted by Gasteiger charge is -2.17. The first kappa shape index (κ1) is 9.06. The Morgan fingerprint density at radius 3 is 2.93 bits per heavy atom. The molecule has 0 unspecified atom stereocenters. The van der Waals surface area contributed by atoms with Crippen LogP contribution in [0.25, 0.3) is 0 Å². The molecule has 0 bridgehead atoms. The molecule has 2 rings (SSSR count). The molecule has 2 N–H and O–H groups in total. The molecule has 0 aliphatic heterocycles. The summed E-state index contributed by atoms with van der Waals surface area (Å²) in [5.74, 6) is 6.25. The largest absolute Gasteiger partial charge is 0.497 e. The first-order chi connectivity index (χ1) is 6.85. The molecule has 3 heteroatoms. The summed E-state index contributed by atoms with van der Waals surface area (Å²) in [6, 6.07) is 6.06. The van der Waals surface area contributed by atoms with Crippen molar-refractivity contribution < 1.29 is 4.74 Å². The minimum atomic E-state index is 0.905. The summed E-state index contributed by atoms with van der Waals surface area (Å²) in [7, 11) is 1.68. The Bertz CT molecular complexity index is 372. The van der Waals surface area contributed by atoms with E-state index in [0.717, 1.165) is 30.7 Å². The molecule has 0 atom stereocenters. The highest BCUT2D eigenvalue weighted by Gasteiger charge is 2.15. The molecule has 3 nitrogen and oxygen atoms in total. The van der Waals surface area contributed by atoms with Crippen molar-refractivity contribution in [2.45, 2.75) is 19.3 Å². The van der Waals surface area contributed by atoms with Crippen LogP contribution in [0.2, 0.25) is 0 Å². The van der Waals surface area contributed by atoms with Gasteiger partial charge in [-0.3, -0.25) is 0 Å². The number of ether oxygens (including phenoxy) is 1. The van der Waals surface area contributed by atoms with Crippen molar-refractivity contribution >= 4 is 5.71 Å². The van der Waals surface area contributed by atoms with Gasteiger partial charge in [-0.2, -0.15) is 5.10 Å². The number of nitrogens with zero attached hydrogens (tertiary/aromatic N) is 1. The summed E-state index contributed by atoms with van der Waals surface area (Å²) in [6.07, 6.45) is 3.19. The smallest absolute Gasteiger partial charge is 0.119 e. The molecule has 0 amide bonds. The topological polar surface area (TPSA) is 47.6 Å². The Labute approximate surface area is 83.6 Å². The summed E-state index contributed by atoms with van der Waals surface area (Å²) in [5, 5.41) is 3.82. The second-order valence-electron chi connectivity index (χ2n) is 3.45. The lowest BCUT2D eigenvalue weighted by molar-refractivity contribution is 0.414. The molecular formula is C11H14N2O. The Morgan fingerprint density at radius 1 is 1.36 bits per heavy atom. The second kappa shape index (κ2) is 3.70. The minimum absolute atomic E-state index is 0.905.